The molecule has 126 valence electrons. The Hall–Kier alpha value is -2.89. The highest BCUT2D eigenvalue weighted by Gasteiger charge is 2.14. The number of rotatable bonds is 6. The molecule has 6 nitrogen and oxygen atoms in total. The number of para-hydroxylation sites is 1. The largest absolute Gasteiger partial charge is 0.619 e. The maximum Gasteiger partial charge on any atom is 0.339 e. The number of hydrogen-bond donors (Lipinski definition) is 1. The van der Waals surface area contributed by atoms with Crippen LogP contribution in [0.5, 0.6) is 0 Å². The van der Waals surface area contributed by atoms with Crippen molar-refractivity contribution in [1.82, 2.24) is 0 Å². The Bertz CT molecular complexity index is 713. The van der Waals surface area contributed by atoms with Gasteiger partial charge in [-0.3, -0.25) is 4.79 Å². The molecule has 1 aromatic heterocycles. The number of anilines is 1. The highest BCUT2D eigenvalue weighted by molar-refractivity contribution is 5.95. The Morgan fingerprint density at radius 1 is 1.21 bits per heavy atom. The molecular formula is C18H20N2O4. The van der Waals surface area contributed by atoms with Crippen molar-refractivity contribution in [2.24, 2.45) is 0 Å². The number of amides is 1. The first-order valence-electron chi connectivity index (χ1n) is 7.76. The highest BCUT2D eigenvalue weighted by Crippen LogP contribution is 2.26. The molecule has 1 atom stereocenters. The lowest BCUT2D eigenvalue weighted by Crippen LogP contribution is -2.25. The normalized spacial score (nSPS) is 11.6. The summed E-state index contributed by atoms with van der Waals surface area (Å²) in [5, 5.41) is 13.7. The predicted octanol–water partition coefficient (Wildman–Crippen LogP) is 2.63. The van der Waals surface area contributed by atoms with Crippen LogP contribution in [-0.2, 0) is 9.53 Å². The van der Waals surface area contributed by atoms with Crippen molar-refractivity contribution >= 4 is 17.6 Å². The Morgan fingerprint density at radius 3 is 2.54 bits per heavy atom. The molecule has 0 bridgehead atoms. The van der Waals surface area contributed by atoms with Crippen LogP contribution in [0.3, 0.4) is 0 Å². The fraction of sp³-hybridized carbons (Fsp3) is 0.278. The van der Waals surface area contributed by atoms with Gasteiger partial charge in [0.2, 0.25) is 0 Å². The average molecular weight is 328 g/mol. The predicted molar refractivity (Wildman–Crippen MR) is 89.5 cm³/mol. The lowest BCUT2D eigenvalue weighted by molar-refractivity contribution is -0.605. The van der Waals surface area contributed by atoms with Crippen LogP contribution in [0.4, 0.5) is 5.69 Å². The first-order valence-corrected chi connectivity index (χ1v) is 7.76. The van der Waals surface area contributed by atoms with Crippen LogP contribution in [0.1, 0.15) is 42.1 Å². The molecule has 0 aliphatic rings. The van der Waals surface area contributed by atoms with Crippen molar-refractivity contribution in [2.75, 3.05) is 11.9 Å². The molecule has 2 aromatic rings. The summed E-state index contributed by atoms with van der Waals surface area (Å²) in [5.74, 6) is -0.748. The zero-order valence-corrected chi connectivity index (χ0v) is 13.7. The number of pyridine rings is 1. The number of hydrogen-bond acceptors (Lipinski definition) is 4. The lowest BCUT2D eigenvalue weighted by Gasteiger charge is -2.15. The molecule has 0 saturated heterocycles. The van der Waals surface area contributed by atoms with Gasteiger partial charge in [0, 0.05) is 17.8 Å². The van der Waals surface area contributed by atoms with Gasteiger partial charge in [-0.2, -0.15) is 4.73 Å². The highest BCUT2D eigenvalue weighted by atomic mass is 16.5. The monoisotopic (exact) mass is 328 g/mol. The summed E-state index contributed by atoms with van der Waals surface area (Å²) in [6.45, 7) is 3.78. The van der Waals surface area contributed by atoms with Gasteiger partial charge < -0.3 is 15.3 Å². The van der Waals surface area contributed by atoms with E-state index in [9.17, 15) is 14.8 Å². The second kappa shape index (κ2) is 8.10. The third kappa shape index (κ3) is 4.55. The number of carbonyl (C=O) groups excluding carboxylic acids is 2. The molecule has 0 spiro atoms. The van der Waals surface area contributed by atoms with Crippen molar-refractivity contribution in [1.29, 1.82) is 0 Å². The molecule has 6 heteroatoms. The van der Waals surface area contributed by atoms with Gasteiger partial charge in [0.25, 0.3) is 5.91 Å². The van der Waals surface area contributed by atoms with E-state index in [1.54, 1.807) is 0 Å². The van der Waals surface area contributed by atoms with Gasteiger partial charge in [-0.25, -0.2) is 4.79 Å². The summed E-state index contributed by atoms with van der Waals surface area (Å²) in [7, 11) is 0. The third-order valence-electron chi connectivity index (χ3n) is 3.75. The zero-order valence-electron chi connectivity index (χ0n) is 13.7. The van der Waals surface area contributed by atoms with Gasteiger partial charge in [0.15, 0.2) is 19.0 Å². The third-order valence-corrected chi connectivity index (χ3v) is 3.75. The molecule has 2 rings (SSSR count). The fourth-order valence-corrected chi connectivity index (χ4v) is 2.21. The molecule has 0 fully saturated rings. The van der Waals surface area contributed by atoms with E-state index in [-0.39, 0.29) is 12.2 Å². The van der Waals surface area contributed by atoms with E-state index in [0.29, 0.717) is 10.6 Å². The van der Waals surface area contributed by atoms with Crippen molar-refractivity contribution in [2.45, 2.75) is 26.2 Å². The molecule has 1 aromatic carbocycles. The molecule has 0 saturated carbocycles. The van der Waals surface area contributed by atoms with Crippen molar-refractivity contribution in [3.8, 4) is 0 Å². The number of ether oxygens (including phenoxy) is 1. The van der Waals surface area contributed by atoms with Gasteiger partial charge in [0.1, 0.15) is 0 Å². The summed E-state index contributed by atoms with van der Waals surface area (Å²) >= 11 is 0. The van der Waals surface area contributed by atoms with E-state index in [2.05, 4.69) is 19.2 Å². The van der Waals surface area contributed by atoms with E-state index in [1.165, 1.54) is 24.5 Å². The van der Waals surface area contributed by atoms with Gasteiger partial charge in [-0.05, 0) is 24.0 Å². The Morgan fingerprint density at radius 2 is 1.88 bits per heavy atom. The SMILES string of the molecule is CC[C@H](C)c1ccccc1NC(=O)COC(=O)c1cc[n+]([O-])cc1. The molecule has 24 heavy (non-hydrogen) atoms. The van der Waals surface area contributed by atoms with Crippen molar-refractivity contribution in [3.05, 3.63) is 65.1 Å². The number of nitrogens with one attached hydrogen (secondary N) is 1. The van der Waals surface area contributed by atoms with Crippen LogP contribution in [0.2, 0.25) is 0 Å². The van der Waals surface area contributed by atoms with Gasteiger partial charge >= 0.3 is 5.97 Å². The van der Waals surface area contributed by atoms with Gasteiger partial charge in [-0.1, -0.05) is 32.0 Å². The maximum atomic E-state index is 12.0. The van der Waals surface area contributed by atoms with Crippen LogP contribution in [0.25, 0.3) is 0 Å². The number of benzene rings is 1. The topological polar surface area (TPSA) is 82.3 Å². The number of aromatic nitrogens is 1. The quantitative estimate of drug-likeness (QED) is 0.502. The van der Waals surface area contributed by atoms with Crippen LogP contribution in [-0.4, -0.2) is 18.5 Å². The number of esters is 1. The fourth-order valence-electron chi connectivity index (χ4n) is 2.21. The standard InChI is InChI=1S/C18H20N2O4/c1-3-13(2)15-6-4-5-7-16(15)19-17(21)12-24-18(22)14-8-10-20(23)11-9-14/h4-11,13H,3,12H2,1-2H3,(H,19,21)/t13-/m0/s1. The second-order valence-corrected chi connectivity index (χ2v) is 5.47. The molecule has 0 aliphatic carbocycles. The first kappa shape index (κ1) is 17.5. The second-order valence-electron chi connectivity index (χ2n) is 5.47. The van der Waals surface area contributed by atoms with Gasteiger partial charge in [-0.15, -0.1) is 0 Å². The zero-order chi connectivity index (χ0) is 17.5. The summed E-state index contributed by atoms with van der Waals surface area (Å²) in [4.78, 5) is 23.8. The molecule has 1 N–H and O–H groups in total. The minimum Gasteiger partial charge on any atom is -0.619 e. The summed E-state index contributed by atoms with van der Waals surface area (Å²) in [6.07, 6.45) is 3.34. The molecule has 0 aliphatic heterocycles. The van der Waals surface area contributed by atoms with Gasteiger partial charge in [0.05, 0.1) is 5.56 Å². The Labute approximate surface area is 140 Å². The Kier molecular flexibility index (Phi) is 5.89. The van der Waals surface area contributed by atoms with Crippen LogP contribution in [0.15, 0.2) is 48.8 Å². The van der Waals surface area contributed by atoms with Crippen LogP contribution >= 0.6 is 0 Å². The van der Waals surface area contributed by atoms with E-state index < -0.39 is 11.9 Å². The maximum absolute atomic E-state index is 12.0. The smallest absolute Gasteiger partial charge is 0.339 e. The van der Waals surface area contributed by atoms with Crippen molar-refractivity contribution < 1.29 is 19.1 Å². The number of carbonyl (C=O) groups is 2. The molecule has 0 radical (unpaired) electrons. The Balaban J connectivity index is 1.94. The lowest BCUT2D eigenvalue weighted by atomic mass is 9.97. The van der Waals surface area contributed by atoms with E-state index in [4.69, 9.17) is 4.74 Å². The van der Waals surface area contributed by atoms with Crippen LogP contribution < -0.4 is 10.0 Å². The molecular weight excluding hydrogens is 308 g/mol. The minimum absolute atomic E-state index is 0.218. The summed E-state index contributed by atoms with van der Waals surface area (Å²) in [5.41, 5.74) is 1.98. The van der Waals surface area contributed by atoms with E-state index >= 15 is 0 Å². The first-order chi connectivity index (χ1) is 11.5. The van der Waals surface area contributed by atoms with Crippen LogP contribution in [0, 0.1) is 5.21 Å². The summed E-state index contributed by atoms with van der Waals surface area (Å²) in [6, 6.07) is 10.2. The van der Waals surface area contributed by atoms with Crippen molar-refractivity contribution in [3.63, 3.8) is 0 Å². The molecule has 0 unspecified atom stereocenters. The molecule has 1 amide bonds. The van der Waals surface area contributed by atoms with E-state index in [1.807, 2.05) is 24.3 Å². The summed E-state index contributed by atoms with van der Waals surface area (Å²) < 4.78 is 5.53. The van der Waals surface area contributed by atoms with E-state index in [0.717, 1.165) is 17.7 Å². The molecule has 1 heterocycles. The average Bonchev–Trinajstić information content (AvgIpc) is 2.60. The minimum atomic E-state index is -0.652. The number of nitrogens with zero attached hydrogens (tertiary/aromatic N) is 1.